The van der Waals surface area contributed by atoms with E-state index in [2.05, 4.69) is 4.37 Å². The summed E-state index contributed by atoms with van der Waals surface area (Å²) in [4.78, 5) is 24.8. The van der Waals surface area contributed by atoms with Crippen LogP contribution in [0.1, 0.15) is 39.4 Å². The summed E-state index contributed by atoms with van der Waals surface area (Å²) in [5, 5.41) is 8.71. The molecule has 5 nitrogen and oxygen atoms in total. The molecule has 6 heteroatoms. The molecule has 1 aliphatic rings. The molecule has 86 valence electrons. The molecule has 1 aromatic heterocycles. The Labute approximate surface area is 96.9 Å². The highest BCUT2D eigenvalue weighted by Gasteiger charge is 2.21. The highest BCUT2D eigenvalue weighted by atomic mass is 32.1. The van der Waals surface area contributed by atoms with E-state index in [-0.39, 0.29) is 11.6 Å². The summed E-state index contributed by atoms with van der Waals surface area (Å²) in [7, 11) is 0. The molecule has 1 amide bonds. The number of piperidine rings is 1. The van der Waals surface area contributed by atoms with E-state index in [0.29, 0.717) is 4.88 Å². The van der Waals surface area contributed by atoms with Crippen molar-refractivity contribution in [2.75, 3.05) is 13.1 Å². The van der Waals surface area contributed by atoms with Crippen LogP contribution in [0.2, 0.25) is 0 Å². The van der Waals surface area contributed by atoms with Gasteiger partial charge in [-0.25, -0.2) is 4.79 Å². The lowest BCUT2D eigenvalue weighted by Crippen LogP contribution is -2.35. The molecule has 1 aromatic rings. The van der Waals surface area contributed by atoms with Crippen LogP contribution in [0.25, 0.3) is 0 Å². The zero-order valence-electron chi connectivity index (χ0n) is 8.68. The molecule has 1 aliphatic heterocycles. The first-order valence-electron chi connectivity index (χ1n) is 5.18. The van der Waals surface area contributed by atoms with Crippen molar-refractivity contribution in [2.24, 2.45) is 0 Å². The van der Waals surface area contributed by atoms with Crippen LogP contribution in [-0.4, -0.2) is 39.3 Å². The fraction of sp³-hybridized carbons (Fsp3) is 0.500. The van der Waals surface area contributed by atoms with Crippen LogP contribution < -0.4 is 0 Å². The smallest absolute Gasteiger partial charge is 0.355 e. The SMILES string of the molecule is O=C(O)c1cc(C(=O)N2CCCCC2)sn1. The standard InChI is InChI=1S/C10H12N2O3S/c13-9(12-4-2-1-3-5-12)8-6-7(10(14)15)11-16-8/h6H,1-5H2,(H,14,15). The van der Waals surface area contributed by atoms with Gasteiger partial charge in [0.2, 0.25) is 0 Å². The molecule has 1 saturated heterocycles. The van der Waals surface area contributed by atoms with Gasteiger partial charge in [0, 0.05) is 13.1 Å². The van der Waals surface area contributed by atoms with Gasteiger partial charge in [0.25, 0.3) is 5.91 Å². The van der Waals surface area contributed by atoms with Crippen LogP contribution >= 0.6 is 11.5 Å². The first-order valence-corrected chi connectivity index (χ1v) is 5.95. The number of carbonyl (C=O) groups is 2. The lowest BCUT2D eigenvalue weighted by Gasteiger charge is -2.25. The number of amides is 1. The van der Waals surface area contributed by atoms with E-state index in [1.807, 2.05) is 0 Å². The van der Waals surface area contributed by atoms with Gasteiger partial charge < -0.3 is 10.0 Å². The van der Waals surface area contributed by atoms with Gasteiger partial charge in [-0.15, -0.1) is 0 Å². The number of rotatable bonds is 2. The fourth-order valence-electron chi connectivity index (χ4n) is 1.73. The van der Waals surface area contributed by atoms with E-state index in [1.54, 1.807) is 4.90 Å². The van der Waals surface area contributed by atoms with Gasteiger partial charge in [-0.05, 0) is 36.9 Å². The van der Waals surface area contributed by atoms with Gasteiger partial charge in [0.05, 0.1) is 0 Å². The maximum Gasteiger partial charge on any atom is 0.355 e. The third-order valence-corrected chi connectivity index (χ3v) is 3.36. The maximum atomic E-state index is 11.9. The van der Waals surface area contributed by atoms with Crippen molar-refractivity contribution in [3.63, 3.8) is 0 Å². The largest absolute Gasteiger partial charge is 0.476 e. The maximum absolute atomic E-state index is 11.9. The number of carboxylic acids is 1. The summed E-state index contributed by atoms with van der Waals surface area (Å²) in [6, 6.07) is 1.35. The third kappa shape index (κ3) is 2.21. The summed E-state index contributed by atoms with van der Waals surface area (Å²) in [6.45, 7) is 1.53. The molecule has 0 saturated carbocycles. The molecule has 2 heterocycles. The second-order valence-corrected chi connectivity index (χ2v) is 4.54. The van der Waals surface area contributed by atoms with E-state index in [1.165, 1.54) is 6.07 Å². The molecular weight excluding hydrogens is 228 g/mol. The Kier molecular flexibility index (Phi) is 3.19. The van der Waals surface area contributed by atoms with Gasteiger partial charge in [-0.3, -0.25) is 4.79 Å². The lowest BCUT2D eigenvalue weighted by atomic mass is 10.1. The predicted octanol–water partition coefficient (Wildman–Crippen LogP) is 1.47. The van der Waals surface area contributed by atoms with E-state index in [0.717, 1.165) is 43.9 Å². The van der Waals surface area contributed by atoms with E-state index in [9.17, 15) is 9.59 Å². The molecule has 0 spiro atoms. The van der Waals surface area contributed by atoms with E-state index >= 15 is 0 Å². The van der Waals surface area contributed by atoms with Crippen LogP contribution in [0.5, 0.6) is 0 Å². The van der Waals surface area contributed by atoms with Crippen molar-refractivity contribution in [1.82, 2.24) is 9.27 Å². The first-order chi connectivity index (χ1) is 7.68. The quantitative estimate of drug-likeness (QED) is 0.849. The van der Waals surface area contributed by atoms with Crippen molar-refractivity contribution in [2.45, 2.75) is 19.3 Å². The van der Waals surface area contributed by atoms with Crippen LogP contribution in [0, 0.1) is 0 Å². The highest BCUT2D eigenvalue weighted by molar-refractivity contribution is 7.08. The number of nitrogens with zero attached hydrogens (tertiary/aromatic N) is 2. The average molecular weight is 240 g/mol. The minimum absolute atomic E-state index is 0.0506. The Morgan fingerprint density at radius 2 is 2.00 bits per heavy atom. The molecule has 0 radical (unpaired) electrons. The van der Waals surface area contributed by atoms with Crippen molar-refractivity contribution in [3.05, 3.63) is 16.6 Å². The van der Waals surface area contributed by atoms with Crippen LogP contribution in [0.4, 0.5) is 0 Å². The second-order valence-electron chi connectivity index (χ2n) is 3.73. The average Bonchev–Trinajstić information content (AvgIpc) is 2.78. The molecule has 0 atom stereocenters. The van der Waals surface area contributed by atoms with Crippen molar-refractivity contribution in [1.29, 1.82) is 0 Å². The normalized spacial score (nSPS) is 16.1. The zero-order valence-corrected chi connectivity index (χ0v) is 9.50. The minimum atomic E-state index is -1.09. The molecule has 2 rings (SSSR count). The predicted molar refractivity (Wildman–Crippen MR) is 58.8 cm³/mol. The van der Waals surface area contributed by atoms with Crippen molar-refractivity contribution < 1.29 is 14.7 Å². The molecule has 1 N–H and O–H groups in total. The minimum Gasteiger partial charge on any atom is -0.476 e. The Morgan fingerprint density at radius 1 is 1.31 bits per heavy atom. The van der Waals surface area contributed by atoms with Gasteiger partial charge in [0.15, 0.2) is 5.69 Å². The summed E-state index contributed by atoms with van der Waals surface area (Å²) < 4.78 is 3.73. The summed E-state index contributed by atoms with van der Waals surface area (Å²) >= 11 is 0.958. The Morgan fingerprint density at radius 3 is 2.56 bits per heavy atom. The first kappa shape index (κ1) is 11.1. The Hall–Kier alpha value is -1.43. The topological polar surface area (TPSA) is 70.5 Å². The van der Waals surface area contributed by atoms with Crippen LogP contribution in [0.15, 0.2) is 6.07 Å². The number of hydrogen-bond donors (Lipinski definition) is 1. The number of hydrogen-bond acceptors (Lipinski definition) is 4. The fourth-order valence-corrected chi connectivity index (χ4v) is 2.43. The molecule has 16 heavy (non-hydrogen) atoms. The molecule has 0 aliphatic carbocycles. The van der Waals surface area contributed by atoms with Gasteiger partial charge in [-0.2, -0.15) is 4.37 Å². The number of aromatic nitrogens is 1. The Bertz CT molecular complexity index is 410. The van der Waals surface area contributed by atoms with Gasteiger partial charge in [0.1, 0.15) is 4.88 Å². The second kappa shape index (κ2) is 4.61. The molecular formula is C10H12N2O3S. The number of carbonyl (C=O) groups excluding carboxylic acids is 1. The van der Waals surface area contributed by atoms with E-state index < -0.39 is 5.97 Å². The Balaban J connectivity index is 2.10. The van der Waals surface area contributed by atoms with Gasteiger partial charge >= 0.3 is 5.97 Å². The van der Waals surface area contributed by atoms with Crippen molar-refractivity contribution >= 4 is 23.4 Å². The van der Waals surface area contributed by atoms with Crippen molar-refractivity contribution in [3.8, 4) is 0 Å². The molecule has 0 bridgehead atoms. The monoisotopic (exact) mass is 240 g/mol. The molecule has 1 fully saturated rings. The molecule has 0 aromatic carbocycles. The summed E-state index contributed by atoms with van der Waals surface area (Å²) in [5.74, 6) is -1.18. The summed E-state index contributed by atoms with van der Waals surface area (Å²) in [6.07, 6.45) is 3.21. The van der Waals surface area contributed by atoms with Gasteiger partial charge in [-0.1, -0.05) is 0 Å². The number of aromatic carboxylic acids is 1. The zero-order chi connectivity index (χ0) is 11.5. The lowest BCUT2D eigenvalue weighted by molar-refractivity contribution is 0.0692. The molecule has 0 unspecified atom stereocenters. The highest BCUT2D eigenvalue weighted by Crippen LogP contribution is 2.16. The summed E-state index contributed by atoms with van der Waals surface area (Å²) in [5.41, 5.74) is -0.0506. The van der Waals surface area contributed by atoms with Crippen LogP contribution in [-0.2, 0) is 0 Å². The third-order valence-electron chi connectivity index (χ3n) is 2.58. The van der Waals surface area contributed by atoms with E-state index in [4.69, 9.17) is 5.11 Å². The van der Waals surface area contributed by atoms with Crippen LogP contribution in [0.3, 0.4) is 0 Å². The number of likely N-dealkylation sites (tertiary alicyclic amines) is 1. The number of carboxylic acid groups (broad SMARTS) is 1.